The molecule has 1 aliphatic heterocycles. The van der Waals surface area contributed by atoms with Gasteiger partial charge in [-0.15, -0.1) is 0 Å². The van der Waals surface area contributed by atoms with Crippen molar-refractivity contribution in [2.45, 2.75) is 25.7 Å². The fourth-order valence-electron chi connectivity index (χ4n) is 2.31. The van der Waals surface area contributed by atoms with Gasteiger partial charge in [0.15, 0.2) is 0 Å². The zero-order valence-electron chi connectivity index (χ0n) is 7.33. The third-order valence-corrected chi connectivity index (χ3v) is 7.07. The Labute approximate surface area is 78.7 Å². The van der Waals surface area contributed by atoms with E-state index in [2.05, 4.69) is 5.87 Å². The Morgan fingerprint density at radius 2 is 1.92 bits per heavy atom. The van der Waals surface area contributed by atoms with Gasteiger partial charge in [-0.05, 0) is 30.5 Å². The molecule has 0 aromatic rings. The van der Waals surface area contributed by atoms with Gasteiger partial charge in [-0.25, -0.2) is 0 Å². The van der Waals surface area contributed by atoms with Crippen LogP contribution in [0.2, 0.25) is 0 Å². The van der Waals surface area contributed by atoms with Crippen molar-refractivity contribution in [1.29, 1.82) is 0 Å². The lowest BCUT2D eigenvalue weighted by molar-refractivity contribution is 0.284. The molecule has 0 spiro atoms. The molecule has 1 saturated carbocycles. The molecule has 0 aromatic carbocycles. The predicted octanol–water partition coefficient (Wildman–Crippen LogP) is 2.17. The Bertz CT molecular complexity index is 256. The number of rotatable bonds is 0. The Hall–Kier alpha value is 0.370. The fraction of sp³-hybridized carbons (Fsp3) is 0.889. The van der Waals surface area contributed by atoms with Gasteiger partial charge in [0, 0.05) is 20.1 Å². The van der Waals surface area contributed by atoms with Crippen LogP contribution in [-0.2, 0) is 8.55 Å². The molecule has 1 saturated heterocycles. The molecule has 1 nitrogen and oxygen atoms in total. The van der Waals surface area contributed by atoms with Crippen molar-refractivity contribution in [2.24, 2.45) is 11.8 Å². The third-order valence-electron chi connectivity index (χ3n) is 3.03. The van der Waals surface area contributed by atoms with Crippen molar-refractivity contribution >= 4 is 25.2 Å². The maximum absolute atomic E-state index is 11.7. The van der Waals surface area contributed by atoms with E-state index in [1.165, 1.54) is 25.7 Å². The monoisotopic (exact) mass is 204 g/mol. The minimum atomic E-state index is -1.74. The van der Waals surface area contributed by atoms with Crippen LogP contribution in [-0.4, -0.2) is 21.6 Å². The summed E-state index contributed by atoms with van der Waals surface area (Å²) in [6.45, 7) is 0. The number of fused-ring (bicyclic) bond motifs is 1. The van der Waals surface area contributed by atoms with E-state index >= 15 is 0 Å². The Morgan fingerprint density at radius 1 is 1.25 bits per heavy atom. The van der Waals surface area contributed by atoms with Crippen LogP contribution in [0.25, 0.3) is 0 Å². The normalized spacial score (nSPS) is 48.3. The van der Waals surface area contributed by atoms with E-state index in [-0.39, 0.29) is 0 Å². The minimum Gasteiger partial charge on any atom is -0.257 e. The topological polar surface area (TPSA) is 17.1 Å². The Balaban J connectivity index is 2.08. The lowest BCUT2D eigenvalue weighted by atomic mass is 9.81. The highest BCUT2D eigenvalue weighted by molar-refractivity contribution is 8.75. The first-order chi connectivity index (χ1) is 5.67. The molecule has 2 rings (SSSR count). The highest BCUT2D eigenvalue weighted by Gasteiger charge is 2.32. The molecule has 0 N–H and O–H groups in total. The number of hydrogen-bond donors (Lipinski definition) is 0. The van der Waals surface area contributed by atoms with Crippen molar-refractivity contribution < 1.29 is 4.21 Å². The molecule has 3 atom stereocenters. The van der Waals surface area contributed by atoms with Crippen molar-refractivity contribution in [3.8, 4) is 0 Å². The van der Waals surface area contributed by atoms with E-state index in [0.29, 0.717) is 0 Å². The molecule has 1 heterocycles. The average molecular weight is 204 g/mol. The lowest BCUT2D eigenvalue weighted by Crippen LogP contribution is -2.31. The van der Waals surface area contributed by atoms with Gasteiger partial charge in [-0.2, -0.15) is 0 Å². The van der Waals surface area contributed by atoms with E-state index in [1.807, 2.05) is 0 Å². The van der Waals surface area contributed by atoms with Crippen LogP contribution in [0.5, 0.6) is 0 Å². The molecule has 0 amide bonds. The van der Waals surface area contributed by atoms with Gasteiger partial charge < -0.3 is 0 Å². The van der Waals surface area contributed by atoms with Gasteiger partial charge >= 0.3 is 0 Å². The average Bonchev–Trinajstić information content (AvgIpc) is 2.02. The summed E-state index contributed by atoms with van der Waals surface area (Å²) in [6.07, 6.45) is 5.41. The smallest absolute Gasteiger partial charge is 0.0283 e. The zero-order chi connectivity index (χ0) is 8.60. The Kier molecular flexibility index (Phi) is 2.43. The summed E-state index contributed by atoms with van der Waals surface area (Å²) >= 11 is 0. The fourth-order valence-corrected chi connectivity index (χ4v) is 6.44. The highest BCUT2D eigenvalue weighted by atomic mass is 33.1. The van der Waals surface area contributed by atoms with E-state index < -0.39 is 8.55 Å². The molecule has 0 aromatic heterocycles. The molecule has 2 fully saturated rings. The van der Waals surface area contributed by atoms with E-state index in [1.54, 1.807) is 10.8 Å². The molecule has 1 aliphatic carbocycles. The van der Waals surface area contributed by atoms with Gasteiger partial charge in [0.1, 0.15) is 0 Å². The summed E-state index contributed by atoms with van der Waals surface area (Å²) in [6, 6.07) is 0. The molecule has 12 heavy (non-hydrogen) atoms. The van der Waals surface area contributed by atoms with Crippen molar-refractivity contribution in [3.63, 3.8) is 0 Å². The summed E-state index contributed by atoms with van der Waals surface area (Å²) < 4.78 is 11.7. The van der Waals surface area contributed by atoms with E-state index in [9.17, 15) is 4.21 Å². The largest absolute Gasteiger partial charge is 0.257 e. The summed E-state index contributed by atoms with van der Waals surface area (Å²) in [4.78, 5) is 0. The second-order valence-electron chi connectivity index (χ2n) is 4.00. The molecular formula is C9H16OS2. The standard InChI is InChI=1S/C9H16OS2/c1-12(10)7-9-5-3-2-4-8(9)6-11-12/h8-9H,1-7H2/t8-,9-,12?/m0/s1. The summed E-state index contributed by atoms with van der Waals surface area (Å²) in [7, 11) is -0.114. The second-order valence-corrected chi connectivity index (χ2v) is 8.92. The van der Waals surface area contributed by atoms with Crippen molar-refractivity contribution in [1.82, 2.24) is 0 Å². The molecule has 2 aliphatic rings. The van der Waals surface area contributed by atoms with Crippen LogP contribution in [0, 0.1) is 11.8 Å². The summed E-state index contributed by atoms with van der Waals surface area (Å²) in [5.74, 6) is 7.41. The first-order valence-electron chi connectivity index (χ1n) is 4.67. The molecular weight excluding hydrogens is 188 g/mol. The van der Waals surface area contributed by atoms with Crippen LogP contribution < -0.4 is 0 Å². The molecule has 0 bridgehead atoms. The molecule has 0 radical (unpaired) electrons. The van der Waals surface area contributed by atoms with Crippen LogP contribution in [0.3, 0.4) is 0 Å². The van der Waals surface area contributed by atoms with Gasteiger partial charge in [-0.1, -0.05) is 23.6 Å². The quantitative estimate of drug-likeness (QED) is 0.444. The van der Waals surface area contributed by atoms with Crippen molar-refractivity contribution in [3.05, 3.63) is 0 Å². The van der Waals surface area contributed by atoms with Gasteiger partial charge in [-0.3, -0.25) is 4.21 Å². The van der Waals surface area contributed by atoms with Gasteiger partial charge in [0.25, 0.3) is 0 Å². The van der Waals surface area contributed by atoms with Gasteiger partial charge in [0.05, 0.1) is 0 Å². The summed E-state index contributed by atoms with van der Waals surface area (Å²) in [5, 5.41) is 0. The van der Waals surface area contributed by atoms with Gasteiger partial charge in [0.2, 0.25) is 0 Å². The number of hydrogen-bond acceptors (Lipinski definition) is 2. The Morgan fingerprint density at radius 3 is 2.67 bits per heavy atom. The van der Waals surface area contributed by atoms with Crippen LogP contribution in [0.15, 0.2) is 0 Å². The maximum Gasteiger partial charge on any atom is 0.0283 e. The first-order valence-corrected chi connectivity index (χ1v) is 8.06. The van der Waals surface area contributed by atoms with Crippen LogP contribution >= 0.6 is 10.8 Å². The van der Waals surface area contributed by atoms with E-state index in [0.717, 1.165) is 23.3 Å². The molecule has 70 valence electrons. The second kappa shape index (κ2) is 3.26. The minimum absolute atomic E-state index is 0.741. The SMILES string of the molecule is C=S1(=O)C[C@@H]2CCCC[C@H]2CS1. The predicted molar refractivity (Wildman–Crippen MR) is 58.0 cm³/mol. The molecule has 1 unspecified atom stereocenters. The highest BCUT2D eigenvalue weighted by Crippen LogP contribution is 2.39. The first kappa shape index (κ1) is 8.95. The zero-order valence-corrected chi connectivity index (χ0v) is 8.96. The van der Waals surface area contributed by atoms with Crippen LogP contribution in [0.1, 0.15) is 25.7 Å². The van der Waals surface area contributed by atoms with E-state index in [4.69, 9.17) is 0 Å². The van der Waals surface area contributed by atoms with Crippen LogP contribution in [0.4, 0.5) is 0 Å². The molecule has 3 heteroatoms. The third kappa shape index (κ3) is 1.82. The summed E-state index contributed by atoms with van der Waals surface area (Å²) in [5.41, 5.74) is 0. The maximum atomic E-state index is 11.7. The lowest BCUT2D eigenvalue weighted by Gasteiger charge is -2.36. The van der Waals surface area contributed by atoms with Crippen molar-refractivity contribution in [2.75, 3.05) is 11.5 Å².